The number of likely N-dealkylation sites (tertiary alicyclic amines) is 1. The molecule has 46 heavy (non-hydrogen) atoms. The number of carbonyl (C=O) groups excluding carboxylic acids is 3. The van der Waals surface area contributed by atoms with E-state index in [4.69, 9.17) is 9.47 Å². The molecule has 3 saturated heterocycles. The van der Waals surface area contributed by atoms with Crippen LogP contribution in [0.2, 0.25) is 0 Å². The summed E-state index contributed by atoms with van der Waals surface area (Å²) in [4.78, 5) is 49.1. The van der Waals surface area contributed by atoms with Gasteiger partial charge in [0.2, 0.25) is 5.91 Å². The van der Waals surface area contributed by atoms with Gasteiger partial charge < -0.3 is 29.3 Å². The van der Waals surface area contributed by atoms with Crippen molar-refractivity contribution in [3.05, 3.63) is 49.6 Å². The average molecular weight is 638 g/mol. The van der Waals surface area contributed by atoms with Gasteiger partial charge in [-0.05, 0) is 82.6 Å². The van der Waals surface area contributed by atoms with Gasteiger partial charge in [0, 0.05) is 31.0 Å². The summed E-state index contributed by atoms with van der Waals surface area (Å²) in [5, 5.41) is 10.7. The summed E-state index contributed by atoms with van der Waals surface area (Å²) in [6.07, 6.45) is 8.15. The molecule has 0 aromatic heterocycles. The van der Waals surface area contributed by atoms with Crippen LogP contribution < -0.4 is 9.80 Å². The second-order valence-corrected chi connectivity index (χ2v) is 13.1. The molecule has 254 valence electrons. The van der Waals surface area contributed by atoms with Crippen LogP contribution in [0.4, 0.5) is 11.4 Å². The largest absolute Gasteiger partial charge is 0.465 e. The second kappa shape index (κ2) is 15.2. The number of aliphatic hydroxyl groups excluding tert-OH is 1. The molecular weight excluding hydrogens is 582 g/mol. The van der Waals surface area contributed by atoms with Crippen molar-refractivity contribution in [3.63, 3.8) is 0 Å². The summed E-state index contributed by atoms with van der Waals surface area (Å²) in [6.45, 7) is 19.8. The molecule has 4 rings (SSSR count). The highest BCUT2D eigenvalue weighted by Gasteiger charge is 2.79. The van der Waals surface area contributed by atoms with Gasteiger partial charge in [-0.25, -0.2) is 0 Å². The number of hydrogen-bond acceptors (Lipinski definition) is 7. The van der Waals surface area contributed by atoms with Crippen molar-refractivity contribution in [2.45, 2.75) is 103 Å². The van der Waals surface area contributed by atoms with Gasteiger partial charge in [-0.15, -0.1) is 13.2 Å². The van der Waals surface area contributed by atoms with Crippen LogP contribution in [0.1, 0.15) is 79.6 Å². The Morgan fingerprint density at radius 3 is 2.33 bits per heavy atom. The summed E-state index contributed by atoms with van der Waals surface area (Å²) >= 11 is 0. The van der Waals surface area contributed by atoms with Crippen molar-refractivity contribution in [3.8, 4) is 0 Å². The summed E-state index contributed by atoms with van der Waals surface area (Å²) in [5.41, 5.74) is -0.354. The SMILES string of the molecule is C=CCCCCOC(=O)[C@H]1[C@H]2C(=O)N([C@@H](CO)[C@@H](C)CC)C(C(=O)N(CC=C)c3ccc(N(CC)CC)cc3)C23CC[C@]1(CC)O3. The van der Waals surface area contributed by atoms with E-state index >= 15 is 4.79 Å². The van der Waals surface area contributed by atoms with Crippen molar-refractivity contribution in [1.29, 1.82) is 0 Å². The monoisotopic (exact) mass is 637 g/mol. The lowest BCUT2D eigenvalue weighted by Gasteiger charge is -2.41. The number of fused-ring (bicyclic) bond motifs is 1. The number of hydrogen-bond donors (Lipinski definition) is 1. The molecule has 3 aliphatic heterocycles. The maximum atomic E-state index is 15.0. The highest BCUT2D eigenvalue weighted by Crippen LogP contribution is 2.65. The first-order chi connectivity index (χ1) is 22.1. The molecule has 9 nitrogen and oxygen atoms in total. The van der Waals surface area contributed by atoms with Crippen molar-refractivity contribution < 1.29 is 29.0 Å². The number of nitrogens with zero attached hydrogens (tertiary/aromatic N) is 3. The van der Waals surface area contributed by atoms with E-state index in [2.05, 4.69) is 31.9 Å². The zero-order valence-electron chi connectivity index (χ0n) is 28.6. The van der Waals surface area contributed by atoms with Crippen LogP contribution in [-0.4, -0.2) is 83.9 Å². The molecule has 2 bridgehead atoms. The number of esters is 1. The number of aliphatic hydroxyl groups is 1. The zero-order valence-corrected chi connectivity index (χ0v) is 28.6. The van der Waals surface area contributed by atoms with E-state index in [1.807, 2.05) is 51.1 Å². The molecule has 1 spiro atoms. The Morgan fingerprint density at radius 2 is 1.76 bits per heavy atom. The third kappa shape index (κ3) is 6.13. The smallest absolute Gasteiger partial charge is 0.312 e. The van der Waals surface area contributed by atoms with Crippen LogP contribution in [-0.2, 0) is 23.9 Å². The number of allylic oxidation sites excluding steroid dienone is 1. The van der Waals surface area contributed by atoms with Crippen LogP contribution in [0.3, 0.4) is 0 Å². The number of anilines is 2. The van der Waals surface area contributed by atoms with E-state index in [1.54, 1.807) is 15.9 Å². The Hall–Kier alpha value is -3.17. The van der Waals surface area contributed by atoms with E-state index < -0.39 is 41.1 Å². The normalized spacial score (nSPS) is 27.7. The first kappa shape index (κ1) is 35.7. The lowest BCUT2D eigenvalue weighted by atomic mass is 9.65. The molecule has 0 radical (unpaired) electrons. The third-order valence-corrected chi connectivity index (χ3v) is 10.9. The number of rotatable bonds is 18. The van der Waals surface area contributed by atoms with E-state index in [0.29, 0.717) is 37.8 Å². The molecule has 7 atom stereocenters. The Morgan fingerprint density at radius 1 is 1.09 bits per heavy atom. The van der Waals surface area contributed by atoms with Gasteiger partial charge in [0.25, 0.3) is 5.91 Å². The standard InChI is InChI=1S/C37H55N3O6/c1-8-14-15-16-24-45-35(44)31-30-33(42)40(29(25-41)26(7)10-3)32(37(30)22-21-36(31,11-4)46-37)34(43)39(23-9-2)28-19-17-27(18-20-28)38(12-5)13-6/h8-9,17-20,26,29-32,41H,1-2,10-16,21-25H2,3-7H3/t26-,29-,30-,31+,32?,36-,37?/m0/s1. The first-order valence-electron chi connectivity index (χ1n) is 17.3. The average Bonchev–Trinajstić information content (AvgIpc) is 3.68. The molecule has 2 unspecified atom stereocenters. The number of benzene rings is 1. The second-order valence-electron chi connectivity index (χ2n) is 13.1. The molecule has 3 fully saturated rings. The van der Waals surface area contributed by atoms with Gasteiger partial charge in [0.1, 0.15) is 17.6 Å². The quantitative estimate of drug-likeness (QED) is 0.129. The number of unbranched alkanes of at least 4 members (excludes halogenated alkanes) is 2. The predicted octanol–water partition coefficient (Wildman–Crippen LogP) is 5.51. The summed E-state index contributed by atoms with van der Waals surface area (Å²) in [5.74, 6) is -2.82. The third-order valence-electron chi connectivity index (χ3n) is 10.9. The Kier molecular flexibility index (Phi) is 11.8. The summed E-state index contributed by atoms with van der Waals surface area (Å²) in [7, 11) is 0. The topological polar surface area (TPSA) is 99.6 Å². The van der Waals surface area contributed by atoms with Crippen molar-refractivity contribution >= 4 is 29.2 Å². The summed E-state index contributed by atoms with van der Waals surface area (Å²) < 4.78 is 12.8. The summed E-state index contributed by atoms with van der Waals surface area (Å²) in [6, 6.07) is 6.23. The van der Waals surface area contributed by atoms with E-state index in [1.165, 1.54) is 0 Å². The van der Waals surface area contributed by atoms with E-state index in [9.17, 15) is 14.7 Å². The molecule has 3 aliphatic rings. The Labute approximate surface area is 275 Å². The predicted molar refractivity (Wildman–Crippen MR) is 182 cm³/mol. The highest BCUT2D eigenvalue weighted by atomic mass is 16.6. The van der Waals surface area contributed by atoms with Crippen LogP contribution in [0.15, 0.2) is 49.6 Å². The number of carbonyl (C=O) groups is 3. The molecule has 1 aromatic rings. The molecule has 0 saturated carbocycles. The first-order valence-corrected chi connectivity index (χ1v) is 17.3. The van der Waals surface area contributed by atoms with E-state index in [0.717, 1.165) is 31.6 Å². The van der Waals surface area contributed by atoms with Gasteiger partial charge in [0.05, 0.1) is 30.8 Å². The van der Waals surface area contributed by atoms with Crippen LogP contribution in [0.5, 0.6) is 0 Å². The number of amides is 2. The molecular formula is C37H55N3O6. The van der Waals surface area contributed by atoms with Gasteiger partial charge in [-0.2, -0.15) is 0 Å². The lowest BCUT2D eigenvalue weighted by Crippen LogP contribution is -2.60. The van der Waals surface area contributed by atoms with E-state index in [-0.39, 0.29) is 37.5 Å². The fourth-order valence-corrected chi connectivity index (χ4v) is 8.15. The molecule has 1 N–H and O–H groups in total. The van der Waals surface area contributed by atoms with Crippen molar-refractivity contribution in [2.75, 3.05) is 42.6 Å². The van der Waals surface area contributed by atoms with Crippen molar-refractivity contribution in [1.82, 2.24) is 4.90 Å². The minimum atomic E-state index is -1.21. The van der Waals surface area contributed by atoms with Crippen molar-refractivity contribution in [2.24, 2.45) is 17.8 Å². The molecule has 9 heteroatoms. The lowest BCUT2D eigenvalue weighted by molar-refractivity contribution is -0.162. The molecule has 2 amide bonds. The maximum absolute atomic E-state index is 15.0. The van der Waals surface area contributed by atoms with Crippen LogP contribution in [0, 0.1) is 17.8 Å². The van der Waals surface area contributed by atoms with Crippen LogP contribution in [0.25, 0.3) is 0 Å². The van der Waals surface area contributed by atoms with Gasteiger partial charge >= 0.3 is 5.97 Å². The molecule has 3 heterocycles. The minimum absolute atomic E-state index is 0.0896. The molecule has 1 aromatic carbocycles. The maximum Gasteiger partial charge on any atom is 0.312 e. The van der Waals surface area contributed by atoms with Gasteiger partial charge in [0.15, 0.2) is 0 Å². The van der Waals surface area contributed by atoms with Gasteiger partial charge in [-0.1, -0.05) is 39.3 Å². The fourth-order valence-electron chi connectivity index (χ4n) is 8.15. The van der Waals surface area contributed by atoms with Crippen LogP contribution >= 0.6 is 0 Å². The Bertz CT molecular complexity index is 1250. The minimum Gasteiger partial charge on any atom is -0.465 e. The van der Waals surface area contributed by atoms with Gasteiger partial charge in [-0.3, -0.25) is 14.4 Å². The fraction of sp³-hybridized carbons (Fsp3) is 0.649. The Balaban J connectivity index is 1.78. The zero-order chi connectivity index (χ0) is 33.6. The number of ether oxygens (including phenoxy) is 2. The molecule has 0 aliphatic carbocycles. The highest BCUT2D eigenvalue weighted by molar-refractivity contribution is 6.05.